The molecule has 106 valence electrons. The molecule has 6 heteroatoms. The molecule has 19 heavy (non-hydrogen) atoms. The van der Waals surface area contributed by atoms with Crippen molar-refractivity contribution in [2.75, 3.05) is 35.6 Å². The SMILES string of the molecule is CCCNc1nc(SCCC)nc(N2CCCC2)n1. The minimum absolute atomic E-state index is 0.720. The molecule has 1 aromatic heterocycles. The van der Waals surface area contributed by atoms with Crippen LogP contribution in [0, 0.1) is 0 Å². The normalized spacial score (nSPS) is 14.9. The lowest BCUT2D eigenvalue weighted by atomic mass is 10.4. The Morgan fingerprint density at radius 2 is 1.89 bits per heavy atom. The summed E-state index contributed by atoms with van der Waals surface area (Å²) in [6.45, 7) is 7.35. The molecule has 0 aliphatic carbocycles. The minimum Gasteiger partial charge on any atom is -0.354 e. The van der Waals surface area contributed by atoms with E-state index in [2.05, 4.69) is 39.0 Å². The number of rotatable bonds is 7. The Morgan fingerprint density at radius 3 is 2.58 bits per heavy atom. The Hall–Kier alpha value is -1.04. The van der Waals surface area contributed by atoms with Crippen LogP contribution in [0.3, 0.4) is 0 Å². The first-order valence-corrected chi connectivity index (χ1v) is 8.19. The zero-order chi connectivity index (χ0) is 13.5. The number of nitrogens with zero attached hydrogens (tertiary/aromatic N) is 4. The third-order valence-corrected chi connectivity index (χ3v) is 4.01. The third kappa shape index (κ3) is 4.23. The maximum Gasteiger partial charge on any atom is 0.231 e. The Labute approximate surface area is 119 Å². The second kappa shape index (κ2) is 7.53. The van der Waals surface area contributed by atoms with Crippen molar-refractivity contribution in [1.82, 2.24) is 15.0 Å². The molecule has 5 nitrogen and oxygen atoms in total. The zero-order valence-electron chi connectivity index (χ0n) is 11.9. The van der Waals surface area contributed by atoms with Crippen molar-refractivity contribution in [3.63, 3.8) is 0 Å². The van der Waals surface area contributed by atoms with Gasteiger partial charge in [-0.2, -0.15) is 15.0 Å². The highest BCUT2D eigenvalue weighted by Gasteiger charge is 2.17. The summed E-state index contributed by atoms with van der Waals surface area (Å²) in [6.07, 6.45) is 4.68. The first-order chi connectivity index (χ1) is 9.33. The molecule has 0 aromatic carbocycles. The average molecular weight is 281 g/mol. The monoisotopic (exact) mass is 281 g/mol. The van der Waals surface area contributed by atoms with E-state index in [1.54, 1.807) is 11.8 Å². The second-order valence-electron chi connectivity index (χ2n) is 4.71. The molecule has 1 fully saturated rings. The summed E-state index contributed by atoms with van der Waals surface area (Å²) < 4.78 is 0. The molecule has 1 aliphatic heterocycles. The van der Waals surface area contributed by atoms with Crippen molar-refractivity contribution in [1.29, 1.82) is 0 Å². The minimum atomic E-state index is 0.720. The molecule has 1 aliphatic rings. The van der Waals surface area contributed by atoms with Crippen molar-refractivity contribution in [2.45, 2.75) is 44.7 Å². The zero-order valence-corrected chi connectivity index (χ0v) is 12.7. The summed E-state index contributed by atoms with van der Waals surface area (Å²) in [6, 6.07) is 0. The van der Waals surface area contributed by atoms with Gasteiger partial charge in [-0.1, -0.05) is 25.6 Å². The number of nitrogens with one attached hydrogen (secondary N) is 1. The first-order valence-electron chi connectivity index (χ1n) is 7.21. The lowest BCUT2D eigenvalue weighted by Crippen LogP contribution is -2.22. The first kappa shape index (κ1) is 14.4. The van der Waals surface area contributed by atoms with Crippen LogP contribution in [0.2, 0.25) is 0 Å². The van der Waals surface area contributed by atoms with Gasteiger partial charge in [0.2, 0.25) is 11.9 Å². The van der Waals surface area contributed by atoms with E-state index in [0.29, 0.717) is 0 Å². The summed E-state index contributed by atoms with van der Waals surface area (Å²) in [4.78, 5) is 15.9. The summed E-state index contributed by atoms with van der Waals surface area (Å²) in [5.74, 6) is 2.61. The molecule has 0 atom stereocenters. The van der Waals surface area contributed by atoms with Gasteiger partial charge in [-0.05, 0) is 25.7 Å². The van der Waals surface area contributed by atoms with Crippen molar-refractivity contribution in [3.05, 3.63) is 0 Å². The lowest BCUT2D eigenvalue weighted by molar-refractivity contribution is 0.820. The molecule has 2 heterocycles. The molecule has 1 saturated heterocycles. The average Bonchev–Trinajstić information content (AvgIpc) is 2.97. The van der Waals surface area contributed by atoms with Gasteiger partial charge in [-0.15, -0.1) is 0 Å². The quantitative estimate of drug-likeness (QED) is 0.776. The fourth-order valence-corrected chi connectivity index (χ4v) is 2.66. The van der Waals surface area contributed by atoms with Crippen molar-refractivity contribution < 1.29 is 0 Å². The van der Waals surface area contributed by atoms with E-state index in [0.717, 1.165) is 55.3 Å². The van der Waals surface area contributed by atoms with Crippen molar-refractivity contribution in [2.24, 2.45) is 0 Å². The predicted molar refractivity (Wildman–Crippen MR) is 81.1 cm³/mol. The summed E-state index contributed by atoms with van der Waals surface area (Å²) >= 11 is 1.71. The number of hydrogen-bond donors (Lipinski definition) is 1. The summed E-state index contributed by atoms with van der Waals surface area (Å²) in [7, 11) is 0. The molecule has 0 saturated carbocycles. The highest BCUT2D eigenvalue weighted by Crippen LogP contribution is 2.21. The van der Waals surface area contributed by atoms with Crippen LogP contribution in [-0.2, 0) is 0 Å². The fourth-order valence-electron chi connectivity index (χ4n) is 1.98. The summed E-state index contributed by atoms with van der Waals surface area (Å²) in [5.41, 5.74) is 0. The van der Waals surface area contributed by atoms with E-state index < -0.39 is 0 Å². The molecule has 0 amide bonds. The number of thioether (sulfide) groups is 1. The number of aromatic nitrogens is 3. The van der Waals surface area contributed by atoms with Crippen LogP contribution in [0.4, 0.5) is 11.9 Å². The van der Waals surface area contributed by atoms with E-state index in [-0.39, 0.29) is 0 Å². The van der Waals surface area contributed by atoms with E-state index in [1.807, 2.05) is 0 Å². The van der Waals surface area contributed by atoms with Gasteiger partial charge >= 0.3 is 0 Å². The van der Waals surface area contributed by atoms with Crippen molar-refractivity contribution >= 4 is 23.7 Å². The standard InChI is InChI=1S/C13H23N5S/c1-3-7-14-11-15-12(18-8-5-6-9-18)17-13(16-11)19-10-4-2/h3-10H2,1-2H3,(H,14,15,16,17). The molecule has 0 radical (unpaired) electrons. The number of hydrogen-bond acceptors (Lipinski definition) is 6. The molecule has 1 N–H and O–H groups in total. The van der Waals surface area contributed by atoms with Gasteiger partial charge in [0.15, 0.2) is 5.16 Å². The van der Waals surface area contributed by atoms with Crippen LogP contribution in [-0.4, -0.2) is 40.3 Å². The molecular weight excluding hydrogens is 258 g/mol. The van der Waals surface area contributed by atoms with Gasteiger partial charge < -0.3 is 10.2 Å². The van der Waals surface area contributed by atoms with E-state index in [9.17, 15) is 0 Å². The van der Waals surface area contributed by atoms with Gasteiger partial charge in [0.05, 0.1) is 0 Å². The van der Waals surface area contributed by atoms with Crippen LogP contribution in [0.15, 0.2) is 5.16 Å². The van der Waals surface area contributed by atoms with Crippen LogP contribution in [0.5, 0.6) is 0 Å². The molecular formula is C13H23N5S. The van der Waals surface area contributed by atoms with Crippen LogP contribution in [0.25, 0.3) is 0 Å². The Bertz CT molecular complexity index is 366. The fraction of sp³-hybridized carbons (Fsp3) is 0.769. The number of anilines is 2. The van der Waals surface area contributed by atoms with Gasteiger partial charge in [-0.25, -0.2) is 0 Å². The largest absolute Gasteiger partial charge is 0.354 e. The molecule has 2 rings (SSSR count). The molecule has 1 aromatic rings. The highest BCUT2D eigenvalue weighted by molar-refractivity contribution is 7.99. The van der Waals surface area contributed by atoms with Crippen LogP contribution in [0.1, 0.15) is 39.5 Å². The second-order valence-corrected chi connectivity index (χ2v) is 5.77. The smallest absolute Gasteiger partial charge is 0.231 e. The van der Waals surface area contributed by atoms with Crippen molar-refractivity contribution in [3.8, 4) is 0 Å². The Kier molecular flexibility index (Phi) is 5.69. The Balaban J connectivity index is 2.14. The maximum absolute atomic E-state index is 4.59. The predicted octanol–water partition coefficient (Wildman–Crippen LogP) is 2.80. The Morgan fingerprint density at radius 1 is 1.11 bits per heavy atom. The van der Waals surface area contributed by atoms with Crippen LogP contribution < -0.4 is 10.2 Å². The van der Waals surface area contributed by atoms with E-state index >= 15 is 0 Å². The molecule has 0 bridgehead atoms. The van der Waals surface area contributed by atoms with E-state index in [4.69, 9.17) is 0 Å². The van der Waals surface area contributed by atoms with Gasteiger partial charge in [-0.3, -0.25) is 0 Å². The van der Waals surface area contributed by atoms with E-state index in [1.165, 1.54) is 12.8 Å². The lowest BCUT2D eigenvalue weighted by Gasteiger charge is -2.16. The molecule has 0 spiro atoms. The molecule has 0 unspecified atom stereocenters. The maximum atomic E-state index is 4.59. The highest BCUT2D eigenvalue weighted by atomic mass is 32.2. The third-order valence-electron chi connectivity index (χ3n) is 2.96. The van der Waals surface area contributed by atoms with Gasteiger partial charge in [0, 0.05) is 25.4 Å². The topological polar surface area (TPSA) is 53.9 Å². The summed E-state index contributed by atoms with van der Waals surface area (Å²) in [5, 5.41) is 4.12. The van der Waals surface area contributed by atoms with Gasteiger partial charge in [0.1, 0.15) is 0 Å². The van der Waals surface area contributed by atoms with Gasteiger partial charge in [0.25, 0.3) is 0 Å². The van der Waals surface area contributed by atoms with Crippen LogP contribution >= 0.6 is 11.8 Å².